The van der Waals surface area contributed by atoms with Gasteiger partial charge in [0.1, 0.15) is 11.6 Å². The van der Waals surface area contributed by atoms with Crippen LogP contribution in [-0.2, 0) is 11.3 Å². The molecule has 5 nitrogen and oxygen atoms in total. The van der Waals surface area contributed by atoms with Crippen LogP contribution in [0, 0.1) is 11.6 Å². The van der Waals surface area contributed by atoms with Crippen molar-refractivity contribution in [1.82, 2.24) is 20.1 Å². The lowest BCUT2D eigenvalue weighted by Crippen LogP contribution is -2.28. The highest BCUT2D eigenvalue weighted by Crippen LogP contribution is 2.24. The zero-order valence-electron chi connectivity index (χ0n) is 15.5. The third kappa shape index (κ3) is 4.56. The van der Waals surface area contributed by atoms with E-state index in [4.69, 9.17) is 0 Å². The monoisotopic (exact) mass is 402 g/mol. The molecule has 1 aromatic heterocycles. The number of hydrogen-bond donors (Lipinski definition) is 1. The highest BCUT2D eigenvalue weighted by atomic mass is 32.2. The maximum Gasteiger partial charge on any atom is 0.230 e. The molecule has 0 spiro atoms. The van der Waals surface area contributed by atoms with Crippen LogP contribution in [0.25, 0.3) is 11.4 Å². The number of benzene rings is 2. The third-order valence-electron chi connectivity index (χ3n) is 4.20. The van der Waals surface area contributed by atoms with E-state index >= 15 is 0 Å². The summed E-state index contributed by atoms with van der Waals surface area (Å²) in [5, 5.41) is 11.8. The van der Waals surface area contributed by atoms with Crippen molar-refractivity contribution in [3.63, 3.8) is 0 Å². The summed E-state index contributed by atoms with van der Waals surface area (Å²) in [4.78, 5) is 12.3. The van der Waals surface area contributed by atoms with Crippen LogP contribution >= 0.6 is 11.8 Å². The predicted octanol–water partition coefficient (Wildman–Crippen LogP) is 4.21. The Hall–Kier alpha value is -2.74. The Morgan fingerprint density at radius 3 is 2.61 bits per heavy atom. The summed E-state index contributed by atoms with van der Waals surface area (Å²) in [6.45, 7) is 4.30. The molecule has 0 radical (unpaired) electrons. The molecule has 0 saturated heterocycles. The number of rotatable bonds is 7. The normalized spacial score (nSPS) is 12.0. The molecule has 0 aliphatic rings. The van der Waals surface area contributed by atoms with Crippen LogP contribution < -0.4 is 5.32 Å². The number of halogens is 2. The number of amides is 1. The van der Waals surface area contributed by atoms with Gasteiger partial charge in [-0.2, -0.15) is 0 Å². The molecule has 0 aliphatic carbocycles. The molecule has 3 aromatic rings. The van der Waals surface area contributed by atoms with E-state index in [9.17, 15) is 13.6 Å². The van der Waals surface area contributed by atoms with Crippen LogP contribution in [0.4, 0.5) is 8.78 Å². The van der Waals surface area contributed by atoms with Gasteiger partial charge in [-0.15, -0.1) is 10.2 Å². The topological polar surface area (TPSA) is 59.8 Å². The van der Waals surface area contributed by atoms with E-state index in [-0.39, 0.29) is 17.2 Å². The Morgan fingerprint density at radius 1 is 1.18 bits per heavy atom. The fourth-order valence-electron chi connectivity index (χ4n) is 2.82. The molecule has 0 bridgehead atoms. The second-order valence-electron chi connectivity index (χ2n) is 6.16. The van der Waals surface area contributed by atoms with Gasteiger partial charge in [0, 0.05) is 23.7 Å². The van der Waals surface area contributed by atoms with Crippen molar-refractivity contribution < 1.29 is 13.6 Å². The minimum Gasteiger partial charge on any atom is -0.349 e. The third-order valence-corrected chi connectivity index (χ3v) is 5.17. The van der Waals surface area contributed by atoms with Crippen molar-refractivity contribution in [2.45, 2.75) is 31.6 Å². The van der Waals surface area contributed by atoms with E-state index in [2.05, 4.69) is 15.5 Å². The number of thioether (sulfide) groups is 1. The Bertz CT molecular complexity index is 962. The minimum atomic E-state index is -0.682. The van der Waals surface area contributed by atoms with Gasteiger partial charge in [0.25, 0.3) is 0 Å². The molecule has 0 unspecified atom stereocenters. The maximum absolute atomic E-state index is 13.8. The molecule has 1 amide bonds. The van der Waals surface area contributed by atoms with Gasteiger partial charge in [-0.25, -0.2) is 8.78 Å². The molecular weight excluding hydrogens is 382 g/mol. The van der Waals surface area contributed by atoms with Gasteiger partial charge in [-0.3, -0.25) is 4.79 Å². The highest BCUT2D eigenvalue weighted by Gasteiger charge is 2.17. The lowest BCUT2D eigenvalue weighted by atomic mass is 10.1. The van der Waals surface area contributed by atoms with Crippen LogP contribution in [0.1, 0.15) is 25.5 Å². The van der Waals surface area contributed by atoms with E-state index in [1.54, 1.807) is 6.92 Å². The molecule has 1 atom stereocenters. The van der Waals surface area contributed by atoms with Gasteiger partial charge in [0.05, 0.1) is 11.8 Å². The standard InChI is InChI=1S/C20H20F2N4OS/c1-3-26-19(14-7-5-4-6-8-14)24-25-20(26)28-12-18(27)23-13(2)16-10-9-15(21)11-17(16)22/h4-11,13H,3,12H2,1-2H3,(H,23,27)/t13-/m0/s1. The molecular formula is C20H20F2N4OS. The smallest absolute Gasteiger partial charge is 0.230 e. The molecule has 1 heterocycles. The van der Waals surface area contributed by atoms with Gasteiger partial charge in [-0.1, -0.05) is 48.2 Å². The average molecular weight is 402 g/mol. The van der Waals surface area contributed by atoms with Crippen molar-refractivity contribution in [2.24, 2.45) is 0 Å². The largest absolute Gasteiger partial charge is 0.349 e. The first-order valence-corrected chi connectivity index (χ1v) is 9.84. The van der Waals surface area contributed by atoms with Crippen molar-refractivity contribution in [1.29, 1.82) is 0 Å². The van der Waals surface area contributed by atoms with Gasteiger partial charge in [-0.05, 0) is 19.9 Å². The minimum absolute atomic E-state index is 0.111. The molecule has 3 rings (SSSR count). The molecule has 28 heavy (non-hydrogen) atoms. The Morgan fingerprint density at radius 2 is 1.93 bits per heavy atom. The average Bonchev–Trinajstić information content (AvgIpc) is 3.09. The molecule has 1 N–H and O–H groups in total. The van der Waals surface area contributed by atoms with Gasteiger partial charge in [0.2, 0.25) is 5.91 Å². The first kappa shape index (κ1) is 20.0. The summed E-state index contributed by atoms with van der Waals surface area (Å²) in [6, 6.07) is 12.4. The van der Waals surface area contributed by atoms with Gasteiger partial charge in [0.15, 0.2) is 11.0 Å². The summed E-state index contributed by atoms with van der Waals surface area (Å²) in [6.07, 6.45) is 0. The van der Waals surface area contributed by atoms with Crippen molar-refractivity contribution in [2.75, 3.05) is 5.75 Å². The van der Waals surface area contributed by atoms with E-state index in [0.717, 1.165) is 17.5 Å². The fourth-order valence-corrected chi connectivity index (χ4v) is 3.64. The second kappa shape index (κ2) is 8.97. The van der Waals surface area contributed by atoms with Crippen LogP contribution in [-0.4, -0.2) is 26.4 Å². The van der Waals surface area contributed by atoms with E-state index in [0.29, 0.717) is 11.7 Å². The Labute approximate surface area is 166 Å². The molecule has 8 heteroatoms. The number of nitrogens with zero attached hydrogens (tertiary/aromatic N) is 3. The van der Waals surface area contributed by atoms with E-state index < -0.39 is 17.7 Å². The quantitative estimate of drug-likeness (QED) is 0.602. The van der Waals surface area contributed by atoms with Crippen LogP contribution in [0.5, 0.6) is 0 Å². The number of carbonyl (C=O) groups is 1. The van der Waals surface area contributed by atoms with Gasteiger partial charge >= 0.3 is 0 Å². The molecule has 0 fully saturated rings. The zero-order valence-corrected chi connectivity index (χ0v) is 16.3. The summed E-state index contributed by atoms with van der Waals surface area (Å²) < 4.78 is 28.8. The highest BCUT2D eigenvalue weighted by molar-refractivity contribution is 7.99. The molecule has 0 saturated carbocycles. The lowest BCUT2D eigenvalue weighted by molar-refractivity contribution is -0.119. The van der Waals surface area contributed by atoms with Crippen molar-refractivity contribution >= 4 is 17.7 Å². The summed E-state index contributed by atoms with van der Waals surface area (Å²) in [7, 11) is 0. The Balaban J connectivity index is 1.64. The Kier molecular flexibility index (Phi) is 6.41. The number of aromatic nitrogens is 3. The molecule has 2 aromatic carbocycles. The SMILES string of the molecule is CCn1c(SCC(=O)N[C@@H](C)c2ccc(F)cc2F)nnc1-c1ccccc1. The van der Waals surface area contributed by atoms with Crippen LogP contribution in [0.2, 0.25) is 0 Å². The van der Waals surface area contributed by atoms with Crippen LogP contribution in [0.15, 0.2) is 53.7 Å². The summed E-state index contributed by atoms with van der Waals surface area (Å²) in [5.41, 5.74) is 1.19. The van der Waals surface area contributed by atoms with E-state index in [1.165, 1.54) is 23.9 Å². The van der Waals surface area contributed by atoms with Crippen LogP contribution in [0.3, 0.4) is 0 Å². The fraction of sp³-hybridized carbons (Fsp3) is 0.250. The number of carbonyl (C=O) groups excluding carboxylic acids is 1. The van der Waals surface area contributed by atoms with Crippen molar-refractivity contribution in [3.8, 4) is 11.4 Å². The second-order valence-corrected chi connectivity index (χ2v) is 7.10. The van der Waals surface area contributed by atoms with Gasteiger partial charge < -0.3 is 9.88 Å². The maximum atomic E-state index is 13.8. The lowest BCUT2D eigenvalue weighted by Gasteiger charge is -2.15. The first-order chi connectivity index (χ1) is 13.5. The zero-order chi connectivity index (χ0) is 20.1. The number of nitrogens with one attached hydrogen (secondary N) is 1. The summed E-state index contributed by atoms with van der Waals surface area (Å²) in [5.74, 6) is -0.747. The molecule has 0 aliphatic heterocycles. The predicted molar refractivity (Wildman–Crippen MR) is 105 cm³/mol. The van der Waals surface area contributed by atoms with Crippen molar-refractivity contribution in [3.05, 3.63) is 65.7 Å². The molecule has 146 valence electrons. The summed E-state index contributed by atoms with van der Waals surface area (Å²) >= 11 is 1.26. The van der Waals surface area contributed by atoms with E-state index in [1.807, 2.05) is 41.8 Å². The number of hydrogen-bond acceptors (Lipinski definition) is 4. The first-order valence-electron chi connectivity index (χ1n) is 8.85.